The second-order valence-corrected chi connectivity index (χ2v) is 15.8. The second kappa shape index (κ2) is 14.2. The number of hydrogen-bond donors (Lipinski definition) is 0. The highest BCUT2D eigenvalue weighted by molar-refractivity contribution is 9.10. The molecule has 1 heterocycles. The molecule has 10 atom stereocenters. The lowest BCUT2D eigenvalue weighted by molar-refractivity contribution is -0.213. The fraction of sp³-hybridized carbons (Fsp3) is 0.658. The monoisotopic (exact) mass is 711 g/mol. The number of carbonyl (C=O) groups excluding carboxylic acids is 2. The van der Waals surface area contributed by atoms with Gasteiger partial charge in [0.2, 0.25) is 0 Å². The number of fused-ring (bicyclic) bond motifs is 5. The van der Waals surface area contributed by atoms with E-state index in [9.17, 15) is 9.59 Å². The highest BCUT2D eigenvalue weighted by atomic mass is 79.9. The molecule has 3 fully saturated rings. The van der Waals surface area contributed by atoms with Crippen LogP contribution in [0.4, 0.5) is 0 Å². The van der Waals surface area contributed by atoms with Gasteiger partial charge in [-0.05, 0) is 117 Å². The normalized spacial score (nSPS) is 38.0. The van der Waals surface area contributed by atoms with Gasteiger partial charge in [0, 0.05) is 24.2 Å². The summed E-state index contributed by atoms with van der Waals surface area (Å²) in [6.07, 6.45) is 13.4. The van der Waals surface area contributed by atoms with Gasteiger partial charge in [-0.15, -0.1) is 0 Å². The molecule has 3 saturated carbocycles. The van der Waals surface area contributed by atoms with Crippen molar-refractivity contribution in [1.82, 2.24) is 0 Å². The minimum Gasteiger partial charge on any atom is -0.463 e. The van der Waals surface area contributed by atoms with Gasteiger partial charge in [-0.25, -0.2) is 0 Å². The first-order valence-corrected chi connectivity index (χ1v) is 18.2. The quantitative estimate of drug-likeness (QED) is 0.111. The third-order valence-corrected chi connectivity index (χ3v) is 12.7. The van der Waals surface area contributed by atoms with E-state index >= 15 is 0 Å². The summed E-state index contributed by atoms with van der Waals surface area (Å²) in [7, 11) is 0. The van der Waals surface area contributed by atoms with E-state index in [1.165, 1.54) is 39.5 Å². The van der Waals surface area contributed by atoms with Gasteiger partial charge in [-0.2, -0.15) is 0 Å². The molecular formula is C38H50BrNO7. The fourth-order valence-corrected chi connectivity index (χ4v) is 10.1. The fourth-order valence-electron chi connectivity index (χ4n) is 9.81. The Balaban J connectivity index is 1.08. The van der Waals surface area contributed by atoms with Gasteiger partial charge in [0.05, 0.1) is 11.8 Å². The van der Waals surface area contributed by atoms with E-state index in [0.717, 1.165) is 41.4 Å². The molecule has 0 aromatic heterocycles. The van der Waals surface area contributed by atoms with Gasteiger partial charge < -0.3 is 23.8 Å². The van der Waals surface area contributed by atoms with Gasteiger partial charge in [-0.3, -0.25) is 9.59 Å². The number of allylic oxidation sites excluding steroid dienone is 1. The van der Waals surface area contributed by atoms with Crippen LogP contribution in [-0.4, -0.2) is 48.9 Å². The van der Waals surface area contributed by atoms with Crippen LogP contribution >= 0.6 is 15.9 Å². The first-order chi connectivity index (χ1) is 22.5. The molecule has 0 bridgehead atoms. The molecule has 1 aliphatic heterocycles. The molecule has 0 spiro atoms. The summed E-state index contributed by atoms with van der Waals surface area (Å²) in [6, 6.07) is 8.22. The number of ether oxygens (including phenoxy) is 4. The molecule has 0 N–H and O–H groups in total. The van der Waals surface area contributed by atoms with Crippen LogP contribution in [0, 0.1) is 34.5 Å². The van der Waals surface area contributed by atoms with Crippen LogP contribution in [0.2, 0.25) is 0 Å². The topological polar surface area (TPSA) is 92.7 Å². The van der Waals surface area contributed by atoms with Crippen molar-refractivity contribution in [3.05, 3.63) is 58.1 Å². The highest BCUT2D eigenvalue weighted by Crippen LogP contribution is 2.66. The van der Waals surface area contributed by atoms with Gasteiger partial charge >= 0.3 is 11.9 Å². The zero-order valence-corrected chi connectivity index (χ0v) is 30.0. The summed E-state index contributed by atoms with van der Waals surface area (Å²) in [5.41, 5.74) is 4.27. The maximum Gasteiger partial charge on any atom is 0.303 e. The Morgan fingerprint density at radius 3 is 2.51 bits per heavy atom. The third kappa shape index (κ3) is 7.28. The third-order valence-electron chi connectivity index (χ3n) is 12.1. The summed E-state index contributed by atoms with van der Waals surface area (Å²) in [6.45, 7) is 10.4. The number of rotatable bonds is 9. The molecule has 256 valence electrons. The number of carbonyl (C=O) groups is 2. The van der Waals surface area contributed by atoms with E-state index in [1.54, 1.807) is 11.6 Å². The van der Waals surface area contributed by atoms with Crippen molar-refractivity contribution in [2.75, 3.05) is 6.61 Å². The van der Waals surface area contributed by atoms with Crippen LogP contribution in [-0.2, 0) is 40.0 Å². The minimum atomic E-state index is -0.619. The number of esters is 2. The summed E-state index contributed by atoms with van der Waals surface area (Å²) in [4.78, 5) is 28.9. The first kappa shape index (κ1) is 34.4. The van der Waals surface area contributed by atoms with Crippen molar-refractivity contribution in [2.45, 2.75) is 117 Å². The second-order valence-electron chi connectivity index (χ2n) is 14.9. The molecule has 1 aromatic carbocycles. The van der Waals surface area contributed by atoms with Gasteiger partial charge in [0.15, 0.2) is 6.29 Å². The van der Waals surface area contributed by atoms with Crippen LogP contribution in [0.3, 0.4) is 0 Å². The standard InChI is InChI=1S/C38H50BrNO7/c1-23(40-44-21-26-6-9-28(39)10-7-26)31-12-13-32-30-11-8-27-20-29(16-18-37(27,4)33(30)17-19-38(31,32)5)46-36-15-14-34(45-25(3)42)35(47-36)22-43-24(2)41/h6-10,14-15,29-36H,11-13,16-22H2,1-5H3/b40-23+/t29-,30?,31+,32?,33?,34-,35+,36?,37-,38+/m0/s1. The van der Waals surface area contributed by atoms with Gasteiger partial charge in [0.25, 0.3) is 0 Å². The summed E-state index contributed by atoms with van der Waals surface area (Å²) in [5.74, 6) is 1.74. The van der Waals surface area contributed by atoms with Crippen LogP contribution in [0.15, 0.2) is 57.7 Å². The van der Waals surface area contributed by atoms with Crippen LogP contribution in [0.25, 0.3) is 0 Å². The Morgan fingerprint density at radius 1 is 0.979 bits per heavy atom. The molecule has 0 radical (unpaired) electrons. The molecule has 9 heteroatoms. The lowest BCUT2D eigenvalue weighted by Gasteiger charge is -2.58. The van der Waals surface area contributed by atoms with Gasteiger partial charge in [-0.1, -0.05) is 58.7 Å². The van der Waals surface area contributed by atoms with Crippen molar-refractivity contribution in [2.24, 2.45) is 39.7 Å². The average molecular weight is 713 g/mol. The lowest BCUT2D eigenvalue weighted by Crippen LogP contribution is -2.51. The summed E-state index contributed by atoms with van der Waals surface area (Å²) >= 11 is 3.50. The Labute approximate surface area is 287 Å². The molecule has 47 heavy (non-hydrogen) atoms. The first-order valence-electron chi connectivity index (χ1n) is 17.4. The molecule has 6 rings (SSSR count). The zero-order chi connectivity index (χ0) is 33.3. The maximum atomic E-state index is 11.6. The van der Waals surface area contributed by atoms with Crippen LogP contribution < -0.4 is 0 Å². The molecule has 0 amide bonds. The van der Waals surface area contributed by atoms with E-state index in [2.05, 4.69) is 60.1 Å². The Kier molecular flexibility index (Phi) is 10.4. The largest absolute Gasteiger partial charge is 0.463 e. The molecule has 1 aromatic rings. The molecular weight excluding hydrogens is 662 g/mol. The number of hydrogen-bond acceptors (Lipinski definition) is 8. The van der Waals surface area contributed by atoms with E-state index in [0.29, 0.717) is 30.3 Å². The molecule has 4 unspecified atom stereocenters. The Morgan fingerprint density at radius 2 is 1.77 bits per heavy atom. The predicted octanol–water partition coefficient (Wildman–Crippen LogP) is 8.08. The van der Waals surface area contributed by atoms with Crippen molar-refractivity contribution in [1.29, 1.82) is 0 Å². The van der Waals surface area contributed by atoms with Gasteiger partial charge in [0.1, 0.15) is 25.4 Å². The van der Waals surface area contributed by atoms with E-state index in [4.69, 9.17) is 23.8 Å². The molecule has 0 saturated heterocycles. The SMILES string of the molecule is CC(=O)OC[C@H]1OC(O[C@H]2CC[C@@]3(C)C(=CCC4C3CC[C@@]3(C)C4CC[C@@H]3/C(C)=N/OCc3ccc(Br)cc3)C2)C=C[C@@H]1OC(C)=O. The summed E-state index contributed by atoms with van der Waals surface area (Å²) in [5, 5.41) is 4.66. The molecule has 4 aliphatic carbocycles. The zero-order valence-electron chi connectivity index (χ0n) is 28.4. The minimum absolute atomic E-state index is 0.000213. The molecule has 8 nitrogen and oxygen atoms in total. The summed E-state index contributed by atoms with van der Waals surface area (Å²) < 4.78 is 24.3. The number of oxime groups is 1. The van der Waals surface area contributed by atoms with E-state index in [-0.39, 0.29) is 23.5 Å². The van der Waals surface area contributed by atoms with Crippen molar-refractivity contribution in [3.63, 3.8) is 0 Å². The predicted molar refractivity (Wildman–Crippen MR) is 182 cm³/mol. The maximum absolute atomic E-state index is 11.6. The molecule has 5 aliphatic rings. The average Bonchev–Trinajstić information content (AvgIpc) is 3.39. The Bertz CT molecular complexity index is 1410. The number of halogens is 1. The van der Waals surface area contributed by atoms with E-state index in [1.807, 2.05) is 18.2 Å². The van der Waals surface area contributed by atoms with E-state index < -0.39 is 30.4 Å². The van der Waals surface area contributed by atoms with Crippen molar-refractivity contribution in [3.8, 4) is 0 Å². The van der Waals surface area contributed by atoms with Crippen molar-refractivity contribution >= 4 is 33.6 Å². The van der Waals surface area contributed by atoms with Crippen LogP contribution in [0.5, 0.6) is 0 Å². The lowest BCUT2D eigenvalue weighted by atomic mass is 9.47. The highest BCUT2D eigenvalue weighted by Gasteiger charge is 2.59. The number of nitrogens with zero attached hydrogens (tertiary/aromatic N) is 1. The Hall–Kier alpha value is -2.49. The van der Waals surface area contributed by atoms with Crippen molar-refractivity contribution < 1.29 is 33.4 Å². The smallest absolute Gasteiger partial charge is 0.303 e. The number of benzene rings is 1. The van der Waals surface area contributed by atoms with Crippen LogP contribution in [0.1, 0.15) is 91.5 Å².